The van der Waals surface area contributed by atoms with Gasteiger partial charge in [0.15, 0.2) is 0 Å². The number of nitrogens with zero attached hydrogens (tertiary/aromatic N) is 2. The molecule has 3 heteroatoms. The molecular weight excluding hydrogens is 625 g/mol. The number of hydrogen-bond acceptors (Lipinski definition) is 3. The zero-order valence-electron chi connectivity index (χ0n) is 27.1. The summed E-state index contributed by atoms with van der Waals surface area (Å²) < 4.78 is 1.23. The topological polar surface area (TPSA) is 16.1 Å². The molecule has 0 unspecified atom stereocenters. The molecule has 0 saturated carbocycles. The molecule has 0 aliphatic rings. The third kappa shape index (κ3) is 4.67. The lowest BCUT2D eigenvalue weighted by Crippen LogP contribution is -2.10. The van der Waals surface area contributed by atoms with Crippen LogP contribution in [-0.2, 0) is 0 Å². The second-order valence-corrected chi connectivity index (χ2v) is 13.8. The Morgan fingerprint density at radius 3 is 1.86 bits per heavy atom. The molecule has 0 aliphatic carbocycles. The van der Waals surface area contributed by atoms with Crippen molar-refractivity contribution in [3.63, 3.8) is 0 Å². The summed E-state index contributed by atoms with van der Waals surface area (Å²) in [6, 6.07) is 63.9. The van der Waals surface area contributed by atoms with Crippen LogP contribution in [0.15, 0.2) is 182 Å². The standard InChI is InChI=1S/C47H30N2S/c1-2-10-31(11-3-1)32-19-24-35(25-20-32)49(44-17-8-18-45-46(44)41-16-9-29-48-47(41)50-45)36-26-21-34(22-27-36)42-30-43-37-13-5-4-12-33(37)23-28-40(43)38-14-6-7-15-39(38)42/h1-30H. The number of pyridine rings is 1. The summed E-state index contributed by atoms with van der Waals surface area (Å²) in [4.78, 5) is 8.17. The number of thiophene rings is 1. The highest BCUT2D eigenvalue weighted by molar-refractivity contribution is 7.25. The van der Waals surface area contributed by atoms with E-state index in [1.165, 1.54) is 70.0 Å². The minimum atomic E-state index is 1.06. The molecule has 0 atom stereocenters. The van der Waals surface area contributed by atoms with Gasteiger partial charge in [0.05, 0.1) is 5.69 Å². The summed E-state index contributed by atoms with van der Waals surface area (Å²) in [6.45, 7) is 0. The molecule has 50 heavy (non-hydrogen) atoms. The Balaban J connectivity index is 1.16. The molecule has 2 aromatic heterocycles. The molecule has 0 fully saturated rings. The van der Waals surface area contributed by atoms with Crippen molar-refractivity contribution in [1.29, 1.82) is 0 Å². The van der Waals surface area contributed by atoms with Gasteiger partial charge in [-0.3, -0.25) is 0 Å². The van der Waals surface area contributed by atoms with Crippen LogP contribution in [0.3, 0.4) is 0 Å². The van der Waals surface area contributed by atoms with Gasteiger partial charge in [0, 0.05) is 33.0 Å². The van der Waals surface area contributed by atoms with Gasteiger partial charge in [-0.25, -0.2) is 4.98 Å². The average Bonchev–Trinajstić information content (AvgIpc) is 3.58. The van der Waals surface area contributed by atoms with Crippen molar-refractivity contribution in [3.8, 4) is 22.3 Å². The Bertz CT molecular complexity index is 2850. The van der Waals surface area contributed by atoms with Gasteiger partial charge < -0.3 is 4.90 Å². The van der Waals surface area contributed by atoms with E-state index in [1.807, 2.05) is 12.3 Å². The fourth-order valence-corrected chi connectivity index (χ4v) is 8.64. The number of anilines is 3. The van der Waals surface area contributed by atoms with Crippen molar-refractivity contribution in [1.82, 2.24) is 4.98 Å². The van der Waals surface area contributed by atoms with Crippen LogP contribution >= 0.6 is 11.3 Å². The summed E-state index contributed by atoms with van der Waals surface area (Å²) >= 11 is 1.75. The quantitative estimate of drug-likeness (QED) is 0.172. The molecule has 8 aromatic carbocycles. The Labute approximate surface area is 294 Å². The number of fused-ring (bicyclic) bond motifs is 8. The van der Waals surface area contributed by atoms with Crippen LogP contribution in [0, 0.1) is 0 Å². The summed E-state index contributed by atoms with van der Waals surface area (Å²) in [5.74, 6) is 0. The van der Waals surface area contributed by atoms with Gasteiger partial charge in [0.25, 0.3) is 0 Å². The second kappa shape index (κ2) is 11.7. The zero-order valence-corrected chi connectivity index (χ0v) is 27.9. The van der Waals surface area contributed by atoms with Crippen LogP contribution in [0.2, 0.25) is 0 Å². The van der Waals surface area contributed by atoms with Crippen molar-refractivity contribution in [2.75, 3.05) is 4.90 Å². The van der Waals surface area contributed by atoms with E-state index in [0.717, 1.165) is 21.9 Å². The smallest absolute Gasteiger partial charge is 0.124 e. The first-order valence-corrected chi connectivity index (χ1v) is 17.8. The van der Waals surface area contributed by atoms with Gasteiger partial charge >= 0.3 is 0 Å². The van der Waals surface area contributed by atoms with Crippen molar-refractivity contribution >= 4 is 81.0 Å². The number of hydrogen-bond donors (Lipinski definition) is 0. The van der Waals surface area contributed by atoms with E-state index in [9.17, 15) is 0 Å². The average molecular weight is 655 g/mol. The Hall–Kier alpha value is -6.29. The van der Waals surface area contributed by atoms with E-state index in [4.69, 9.17) is 4.98 Å². The molecule has 234 valence electrons. The Kier molecular flexibility index (Phi) is 6.71. The van der Waals surface area contributed by atoms with Crippen molar-refractivity contribution in [2.24, 2.45) is 0 Å². The first-order valence-electron chi connectivity index (χ1n) is 17.0. The van der Waals surface area contributed by atoms with Crippen LogP contribution in [0.4, 0.5) is 17.1 Å². The molecule has 0 N–H and O–H groups in total. The third-order valence-corrected chi connectivity index (χ3v) is 11.0. The molecule has 0 amide bonds. The SMILES string of the molecule is c1ccc(-c2ccc(N(c3ccc(-c4cc5c6ccccc6ccc5c5ccccc45)cc3)c3cccc4sc5ncccc5c34)cc2)cc1. The molecule has 0 radical (unpaired) electrons. The van der Waals surface area contributed by atoms with Crippen molar-refractivity contribution < 1.29 is 0 Å². The fourth-order valence-electron chi connectivity index (χ4n) is 7.58. The molecule has 2 nitrogen and oxygen atoms in total. The lowest BCUT2D eigenvalue weighted by Gasteiger charge is -2.27. The monoisotopic (exact) mass is 654 g/mol. The van der Waals surface area contributed by atoms with Crippen LogP contribution in [-0.4, -0.2) is 4.98 Å². The van der Waals surface area contributed by atoms with Gasteiger partial charge in [-0.2, -0.15) is 0 Å². The number of aromatic nitrogens is 1. The summed E-state index contributed by atoms with van der Waals surface area (Å²) in [5.41, 5.74) is 8.20. The molecule has 0 spiro atoms. The number of rotatable bonds is 5. The van der Waals surface area contributed by atoms with Crippen LogP contribution < -0.4 is 4.90 Å². The highest BCUT2D eigenvalue weighted by Crippen LogP contribution is 2.45. The molecule has 10 rings (SSSR count). The van der Waals surface area contributed by atoms with E-state index in [-0.39, 0.29) is 0 Å². The van der Waals surface area contributed by atoms with Gasteiger partial charge in [-0.05, 0) is 109 Å². The minimum absolute atomic E-state index is 1.06. The maximum Gasteiger partial charge on any atom is 0.124 e. The van der Waals surface area contributed by atoms with E-state index >= 15 is 0 Å². The lowest BCUT2D eigenvalue weighted by atomic mass is 9.91. The zero-order chi connectivity index (χ0) is 33.0. The van der Waals surface area contributed by atoms with Crippen LogP contribution in [0.1, 0.15) is 0 Å². The lowest BCUT2D eigenvalue weighted by molar-refractivity contribution is 1.30. The van der Waals surface area contributed by atoms with Crippen molar-refractivity contribution in [3.05, 3.63) is 182 Å². The van der Waals surface area contributed by atoms with Crippen LogP contribution in [0.25, 0.3) is 74.9 Å². The van der Waals surface area contributed by atoms with Gasteiger partial charge in [0.1, 0.15) is 4.83 Å². The third-order valence-electron chi connectivity index (χ3n) is 9.93. The van der Waals surface area contributed by atoms with Crippen LogP contribution in [0.5, 0.6) is 0 Å². The fraction of sp³-hybridized carbons (Fsp3) is 0. The number of benzene rings is 8. The largest absolute Gasteiger partial charge is 0.310 e. The van der Waals surface area contributed by atoms with Crippen molar-refractivity contribution in [2.45, 2.75) is 0 Å². The predicted molar refractivity (Wildman–Crippen MR) is 215 cm³/mol. The van der Waals surface area contributed by atoms with Gasteiger partial charge in [-0.15, -0.1) is 11.3 Å². The highest BCUT2D eigenvalue weighted by atomic mass is 32.1. The summed E-state index contributed by atoms with van der Waals surface area (Å²) in [7, 11) is 0. The molecule has 0 saturated heterocycles. The second-order valence-electron chi connectivity index (χ2n) is 12.8. The predicted octanol–water partition coefficient (Wildman–Crippen LogP) is 13.7. The van der Waals surface area contributed by atoms with E-state index in [0.29, 0.717) is 0 Å². The molecular formula is C47H30N2S. The Morgan fingerprint density at radius 1 is 0.420 bits per heavy atom. The van der Waals surface area contributed by atoms with Gasteiger partial charge in [-0.1, -0.05) is 121 Å². The van der Waals surface area contributed by atoms with E-state index < -0.39 is 0 Å². The summed E-state index contributed by atoms with van der Waals surface area (Å²) in [6.07, 6.45) is 1.88. The van der Waals surface area contributed by atoms with E-state index in [2.05, 4.69) is 175 Å². The maximum atomic E-state index is 4.72. The van der Waals surface area contributed by atoms with Gasteiger partial charge in [0.2, 0.25) is 0 Å². The molecule has 0 aliphatic heterocycles. The Morgan fingerprint density at radius 2 is 1.06 bits per heavy atom. The normalized spacial score (nSPS) is 11.6. The molecule has 2 heterocycles. The summed E-state index contributed by atoms with van der Waals surface area (Å²) in [5, 5.41) is 10.1. The first kappa shape index (κ1) is 28.7. The first-order chi connectivity index (χ1) is 24.8. The molecule has 0 bridgehead atoms. The highest BCUT2D eigenvalue weighted by Gasteiger charge is 2.19. The molecule has 10 aromatic rings. The van der Waals surface area contributed by atoms with E-state index in [1.54, 1.807) is 11.3 Å². The minimum Gasteiger partial charge on any atom is -0.310 e. The maximum absolute atomic E-state index is 4.72.